The third-order valence-electron chi connectivity index (χ3n) is 6.46. The number of aryl methyl sites for hydroxylation is 4. The first-order chi connectivity index (χ1) is 17.6. The molecule has 0 radical (unpaired) electrons. The summed E-state index contributed by atoms with van der Waals surface area (Å²) < 4.78 is 1.53. The predicted molar refractivity (Wildman–Crippen MR) is 149 cm³/mol. The van der Waals surface area contributed by atoms with E-state index in [0.717, 1.165) is 27.9 Å². The third-order valence-corrected chi connectivity index (χ3v) is 6.46. The number of benzene rings is 3. The van der Waals surface area contributed by atoms with Crippen LogP contribution in [-0.2, 0) is 9.59 Å². The third kappa shape index (κ3) is 5.16. The zero-order valence-corrected chi connectivity index (χ0v) is 22.1. The van der Waals surface area contributed by atoms with E-state index in [4.69, 9.17) is 4.98 Å². The molecule has 0 fully saturated rings. The normalized spacial score (nSPS) is 11.8. The fraction of sp³-hybridized carbons (Fsp3) is 0.267. The zero-order chi connectivity index (χ0) is 26.9. The quantitative estimate of drug-likeness (QED) is 0.350. The molecule has 0 saturated carbocycles. The fourth-order valence-electron chi connectivity index (χ4n) is 4.86. The molecular formula is C30H32N4O3. The maximum absolute atomic E-state index is 14.1. The molecule has 7 heteroatoms. The number of nitrogens with one attached hydrogen (secondary N) is 2. The van der Waals surface area contributed by atoms with Gasteiger partial charge >= 0.3 is 0 Å². The van der Waals surface area contributed by atoms with Gasteiger partial charge in [-0.2, -0.15) is 0 Å². The van der Waals surface area contributed by atoms with Crippen LogP contribution in [0.3, 0.4) is 0 Å². The van der Waals surface area contributed by atoms with Crippen LogP contribution in [0.15, 0.2) is 59.4 Å². The summed E-state index contributed by atoms with van der Waals surface area (Å²) in [6.45, 7) is 11.2. The van der Waals surface area contributed by atoms with Crippen LogP contribution in [0.4, 0.5) is 11.4 Å². The number of amides is 2. The van der Waals surface area contributed by atoms with E-state index in [1.54, 1.807) is 12.1 Å². The molecule has 0 spiro atoms. The minimum Gasteiger partial charge on any atom is -0.326 e. The Labute approximate surface area is 216 Å². The Morgan fingerprint density at radius 2 is 1.59 bits per heavy atom. The van der Waals surface area contributed by atoms with Gasteiger partial charge in [0.1, 0.15) is 11.7 Å². The molecule has 7 nitrogen and oxygen atoms in total. The molecule has 0 aliphatic heterocycles. The van der Waals surface area contributed by atoms with E-state index in [2.05, 4.69) is 10.6 Å². The molecule has 3 aromatic carbocycles. The number of para-hydroxylation sites is 2. The molecule has 1 aromatic heterocycles. The van der Waals surface area contributed by atoms with Crippen molar-refractivity contribution < 1.29 is 9.59 Å². The van der Waals surface area contributed by atoms with Crippen molar-refractivity contribution in [3.63, 3.8) is 0 Å². The van der Waals surface area contributed by atoms with E-state index in [1.165, 1.54) is 11.5 Å². The van der Waals surface area contributed by atoms with Crippen LogP contribution in [0, 0.1) is 27.7 Å². The fourth-order valence-corrected chi connectivity index (χ4v) is 4.86. The van der Waals surface area contributed by atoms with Crippen molar-refractivity contribution in [2.24, 2.45) is 0 Å². The number of carbonyl (C=O) groups excluding carboxylic acids is 2. The molecule has 0 bridgehead atoms. The van der Waals surface area contributed by atoms with E-state index in [9.17, 15) is 14.4 Å². The number of anilines is 2. The highest BCUT2D eigenvalue weighted by Gasteiger charge is 2.26. The summed E-state index contributed by atoms with van der Waals surface area (Å²) >= 11 is 0. The van der Waals surface area contributed by atoms with Crippen LogP contribution in [0.1, 0.15) is 48.6 Å². The molecule has 2 amide bonds. The summed E-state index contributed by atoms with van der Waals surface area (Å²) in [7, 11) is 0. The number of nitrogens with zero attached hydrogens (tertiary/aromatic N) is 2. The summed E-state index contributed by atoms with van der Waals surface area (Å²) in [5.74, 6) is -0.519. The van der Waals surface area contributed by atoms with Gasteiger partial charge < -0.3 is 10.6 Å². The summed E-state index contributed by atoms with van der Waals surface area (Å²) in [5, 5.41) is 5.88. The van der Waals surface area contributed by atoms with Crippen molar-refractivity contribution in [2.45, 2.75) is 54.0 Å². The number of hydrogen-bond donors (Lipinski definition) is 2. The molecule has 0 aliphatic rings. The Hall–Kier alpha value is -4.26. The second-order valence-electron chi connectivity index (χ2n) is 9.54. The first-order valence-electron chi connectivity index (χ1n) is 12.4. The summed E-state index contributed by atoms with van der Waals surface area (Å²) in [5.41, 5.74) is 6.68. The minimum atomic E-state index is -0.770. The highest BCUT2D eigenvalue weighted by Crippen LogP contribution is 2.29. The topological polar surface area (TPSA) is 93.1 Å². The highest BCUT2D eigenvalue weighted by atomic mass is 16.2. The van der Waals surface area contributed by atoms with Crippen molar-refractivity contribution in [1.29, 1.82) is 0 Å². The highest BCUT2D eigenvalue weighted by molar-refractivity contribution is 5.97. The maximum Gasteiger partial charge on any atom is 0.278 e. The molecule has 1 heterocycles. The maximum atomic E-state index is 14.1. The lowest BCUT2D eigenvalue weighted by Crippen LogP contribution is -2.35. The Kier molecular flexibility index (Phi) is 7.25. The van der Waals surface area contributed by atoms with Gasteiger partial charge in [0.25, 0.3) is 5.56 Å². The molecule has 2 N–H and O–H groups in total. The molecule has 0 aliphatic carbocycles. The molecule has 1 atom stereocenters. The van der Waals surface area contributed by atoms with E-state index in [-0.39, 0.29) is 17.5 Å². The van der Waals surface area contributed by atoms with Crippen LogP contribution in [0.2, 0.25) is 0 Å². The van der Waals surface area contributed by atoms with Gasteiger partial charge in [-0.3, -0.25) is 19.0 Å². The number of rotatable bonds is 6. The predicted octanol–water partition coefficient (Wildman–Crippen LogP) is 5.85. The second kappa shape index (κ2) is 10.4. The van der Waals surface area contributed by atoms with Crippen molar-refractivity contribution in [2.75, 3.05) is 10.6 Å². The number of aromatic nitrogens is 2. The average Bonchev–Trinajstić information content (AvgIpc) is 2.83. The largest absolute Gasteiger partial charge is 0.326 e. The first kappa shape index (κ1) is 25.8. The van der Waals surface area contributed by atoms with E-state index >= 15 is 0 Å². The lowest BCUT2D eigenvalue weighted by Gasteiger charge is -2.23. The number of fused-ring (bicyclic) bond motifs is 1. The van der Waals surface area contributed by atoms with Crippen molar-refractivity contribution >= 4 is 34.2 Å². The molecule has 37 heavy (non-hydrogen) atoms. The van der Waals surface area contributed by atoms with E-state index in [1.807, 2.05) is 77.1 Å². The molecule has 0 saturated heterocycles. The van der Waals surface area contributed by atoms with E-state index in [0.29, 0.717) is 28.7 Å². The van der Waals surface area contributed by atoms with Crippen LogP contribution in [-0.4, -0.2) is 21.4 Å². The molecule has 0 unspecified atom stereocenters. The SMILES string of the molecule is CC[C@H](C(=O)Nc1c(C)cc(C)cc1C)n1c(=O)c(-c2cc(C)ccc2NC(C)=O)nc2ccccc21. The molecule has 190 valence electrons. The van der Waals surface area contributed by atoms with Gasteiger partial charge in [-0.15, -0.1) is 0 Å². The van der Waals surface area contributed by atoms with Gasteiger partial charge in [-0.05, 0) is 69.5 Å². The van der Waals surface area contributed by atoms with Gasteiger partial charge in [0.2, 0.25) is 11.8 Å². The first-order valence-corrected chi connectivity index (χ1v) is 12.4. The summed E-state index contributed by atoms with van der Waals surface area (Å²) in [4.78, 5) is 44.3. The van der Waals surface area contributed by atoms with Gasteiger partial charge in [-0.1, -0.05) is 48.4 Å². The standard InChI is InChI=1S/C30H32N4O3/c1-7-25(29(36)33-27-19(4)14-18(3)15-20(27)5)34-26-11-9-8-10-24(26)32-28(30(34)37)22-16-17(2)12-13-23(22)31-21(6)35/h8-16,25H,7H2,1-6H3,(H,31,35)(H,33,36)/t25-/m1/s1. The van der Waals surface area contributed by atoms with Crippen LogP contribution >= 0.6 is 0 Å². The van der Waals surface area contributed by atoms with Crippen molar-refractivity contribution in [3.8, 4) is 11.3 Å². The summed E-state index contributed by atoms with van der Waals surface area (Å²) in [6.07, 6.45) is 0.398. The van der Waals surface area contributed by atoms with Crippen LogP contribution < -0.4 is 16.2 Å². The Morgan fingerprint density at radius 3 is 2.24 bits per heavy atom. The average molecular weight is 497 g/mol. The summed E-state index contributed by atoms with van der Waals surface area (Å²) in [6, 6.07) is 16.0. The lowest BCUT2D eigenvalue weighted by atomic mass is 10.0. The Balaban J connectivity index is 1.92. The number of hydrogen-bond acceptors (Lipinski definition) is 4. The lowest BCUT2D eigenvalue weighted by molar-refractivity contribution is -0.119. The van der Waals surface area contributed by atoms with Crippen molar-refractivity contribution in [1.82, 2.24) is 9.55 Å². The molecular weight excluding hydrogens is 464 g/mol. The monoisotopic (exact) mass is 496 g/mol. The van der Waals surface area contributed by atoms with Crippen LogP contribution in [0.25, 0.3) is 22.3 Å². The van der Waals surface area contributed by atoms with Gasteiger partial charge in [0.15, 0.2) is 0 Å². The minimum absolute atomic E-state index is 0.181. The Morgan fingerprint density at radius 1 is 0.919 bits per heavy atom. The second-order valence-corrected chi connectivity index (χ2v) is 9.54. The van der Waals surface area contributed by atoms with Gasteiger partial charge in [0, 0.05) is 18.2 Å². The molecule has 4 rings (SSSR count). The molecule has 4 aromatic rings. The Bertz CT molecular complexity index is 1560. The number of carbonyl (C=O) groups is 2. The van der Waals surface area contributed by atoms with Crippen molar-refractivity contribution in [3.05, 3.63) is 87.2 Å². The van der Waals surface area contributed by atoms with Gasteiger partial charge in [-0.25, -0.2) is 4.98 Å². The smallest absolute Gasteiger partial charge is 0.278 e. The van der Waals surface area contributed by atoms with Gasteiger partial charge in [0.05, 0.1) is 16.7 Å². The zero-order valence-electron chi connectivity index (χ0n) is 22.1. The van der Waals surface area contributed by atoms with Crippen LogP contribution in [0.5, 0.6) is 0 Å². The van der Waals surface area contributed by atoms with E-state index < -0.39 is 11.6 Å².